The SMILES string of the molecule is CS(=O)(=O)CCC(CBr)c1ccccc1Cl. The van der Waals surface area contributed by atoms with E-state index in [1.165, 1.54) is 6.26 Å². The van der Waals surface area contributed by atoms with Gasteiger partial charge in [0, 0.05) is 16.6 Å². The lowest BCUT2D eigenvalue weighted by molar-refractivity contribution is 0.595. The van der Waals surface area contributed by atoms with E-state index in [4.69, 9.17) is 11.6 Å². The van der Waals surface area contributed by atoms with Gasteiger partial charge in [-0.15, -0.1) is 0 Å². The first-order chi connectivity index (χ1) is 7.44. The lowest BCUT2D eigenvalue weighted by Crippen LogP contribution is -2.10. The van der Waals surface area contributed by atoms with Crippen LogP contribution in [0.25, 0.3) is 0 Å². The largest absolute Gasteiger partial charge is 0.229 e. The van der Waals surface area contributed by atoms with Crippen LogP contribution in [0, 0.1) is 0 Å². The fourth-order valence-electron chi connectivity index (χ4n) is 1.48. The van der Waals surface area contributed by atoms with Crippen LogP contribution in [0.15, 0.2) is 24.3 Å². The standard InChI is InChI=1S/C11H14BrClO2S/c1-16(14,15)7-6-9(8-12)10-4-2-3-5-11(10)13/h2-5,9H,6-8H2,1H3. The fraction of sp³-hybridized carbons (Fsp3) is 0.455. The van der Waals surface area contributed by atoms with Crippen LogP contribution >= 0.6 is 27.5 Å². The van der Waals surface area contributed by atoms with Crippen LogP contribution in [0.5, 0.6) is 0 Å². The second-order valence-electron chi connectivity index (χ2n) is 3.79. The van der Waals surface area contributed by atoms with E-state index in [9.17, 15) is 8.42 Å². The lowest BCUT2D eigenvalue weighted by Gasteiger charge is -2.15. The Kier molecular flexibility index (Phi) is 5.28. The number of rotatable bonds is 5. The molecule has 0 aromatic heterocycles. The average Bonchev–Trinajstić information content (AvgIpc) is 2.20. The highest BCUT2D eigenvalue weighted by Crippen LogP contribution is 2.28. The zero-order chi connectivity index (χ0) is 12.2. The van der Waals surface area contributed by atoms with Gasteiger partial charge in [-0.25, -0.2) is 8.42 Å². The normalized spacial score (nSPS) is 13.7. The molecule has 90 valence electrons. The van der Waals surface area contributed by atoms with Crippen molar-refractivity contribution in [2.45, 2.75) is 12.3 Å². The summed E-state index contributed by atoms with van der Waals surface area (Å²) in [5, 5.41) is 1.41. The van der Waals surface area contributed by atoms with Crippen molar-refractivity contribution in [2.75, 3.05) is 17.3 Å². The Balaban J connectivity index is 2.79. The van der Waals surface area contributed by atoms with Crippen molar-refractivity contribution in [1.82, 2.24) is 0 Å². The van der Waals surface area contributed by atoms with Gasteiger partial charge in [0.25, 0.3) is 0 Å². The van der Waals surface area contributed by atoms with Gasteiger partial charge in [0.15, 0.2) is 0 Å². The van der Waals surface area contributed by atoms with Crippen LogP contribution in [0.2, 0.25) is 5.02 Å². The molecule has 0 aliphatic rings. The Labute approximate surface area is 110 Å². The number of hydrogen-bond acceptors (Lipinski definition) is 2. The molecular formula is C11H14BrClO2S. The Bertz CT molecular complexity index is 445. The van der Waals surface area contributed by atoms with Gasteiger partial charge in [0.05, 0.1) is 5.75 Å². The van der Waals surface area contributed by atoms with Gasteiger partial charge in [-0.1, -0.05) is 45.7 Å². The maximum absolute atomic E-state index is 11.1. The van der Waals surface area contributed by atoms with Gasteiger partial charge in [-0.2, -0.15) is 0 Å². The number of alkyl halides is 1. The molecular weight excluding hydrogens is 312 g/mol. The summed E-state index contributed by atoms with van der Waals surface area (Å²) in [5.74, 6) is 0.331. The van der Waals surface area contributed by atoms with Gasteiger partial charge in [0.2, 0.25) is 0 Å². The molecule has 5 heteroatoms. The molecule has 0 radical (unpaired) electrons. The zero-order valence-electron chi connectivity index (χ0n) is 8.99. The molecule has 16 heavy (non-hydrogen) atoms. The maximum Gasteiger partial charge on any atom is 0.147 e. The Morgan fingerprint density at radius 3 is 2.50 bits per heavy atom. The summed E-state index contributed by atoms with van der Waals surface area (Å²) in [4.78, 5) is 0. The molecule has 1 atom stereocenters. The summed E-state index contributed by atoms with van der Waals surface area (Å²) in [6, 6.07) is 7.55. The fourth-order valence-corrected chi connectivity index (χ4v) is 3.15. The third-order valence-corrected chi connectivity index (χ3v) is 4.47. The summed E-state index contributed by atoms with van der Waals surface area (Å²) >= 11 is 9.48. The van der Waals surface area contributed by atoms with E-state index >= 15 is 0 Å². The molecule has 1 rings (SSSR count). The van der Waals surface area contributed by atoms with Gasteiger partial charge < -0.3 is 0 Å². The Morgan fingerprint density at radius 1 is 1.38 bits per heavy atom. The quantitative estimate of drug-likeness (QED) is 0.779. The molecule has 0 fully saturated rings. The first-order valence-electron chi connectivity index (χ1n) is 4.92. The number of halogens is 2. The van der Waals surface area contributed by atoms with Crippen LogP contribution in [0.4, 0.5) is 0 Å². The van der Waals surface area contributed by atoms with Crippen LogP contribution in [0.3, 0.4) is 0 Å². The van der Waals surface area contributed by atoms with Crippen molar-refractivity contribution >= 4 is 37.4 Å². The van der Waals surface area contributed by atoms with Gasteiger partial charge >= 0.3 is 0 Å². The minimum Gasteiger partial charge on any atom is -0.229 e. The summed E-state index contributed by atoms with van der Waals surface area (Å²) in [6.45, 7) is 0. The van der Waals surface area contributed by atoms with Crippen LogP contribution in [0.1, 0.15) is 17.9 Å². The molecule has 0 N–H and O–H groups in total. The molecule has 0 amide bonds. The van der Waals surface area contributed by atoms with Crippen LogP contribution in [-0.2, 0) is 9.84 Å². The van der Waals surface area contributed by atoms with Crippen LogP contribution in [-0.4, -0.2) is 25.8 Å². The summed E-state index contributed by atoms with van der Waals surface area (Å²) in [5.41, 5.74) is 1.00. The Morgan fingerprint density at radius 2 is 2.00 bits per heavy atom. The molecule has 0 aliphatic heterocycles. The highest BCUT2D eigenvalue weighted by atomic mass is 79.9. The molecule has 1 aromatic carbocycles. The molecule has 0 saturated heterocycles. The van der Waals surface area contributed by atoms with E-state index in [1.54, 1.807) is 0 Å². The molecule has 2 nitrogen and oxygen atoms in total. The monoisotopic (exact) mass is 324 g/mol. The lowest BCUT2D eigenvalue weighted by atomic mass is 9.99. The minimum atomic E-state index is -2.91. The van der Waals surface area contributed by atoms with E-state index in [0.29, 0.717) is 16.8 Å². The van der Waals surface area contributed by atoms with Gasteiger partial charge in [0.1, 0.15) is 9.84 Å². The Hall–Kier alpha value is -0.0600. The van der Waals surface area contributed by atoms with E-state index in [1.807, 2.05) is 24.3 Å². The second-order valence-corrected chi connectivity index (χ2v) is 7.11. The van der Waals surface area contributed by atoms with Crippen molar-refractivity contribution < 1.29 is 8.42 Å². The molecule has 0 saturated carbocycles. The van der Waals surface area contributed by atoms with Crippen LogP contribution < -0.4 is 0 Å². The predicted molar refractivity (Wildman–Crippen MR) is 72.3 cm³/mol. The van der Waals surface area contributed by atoms with Crippen molar-refractivity contribution in [3.8, 4) is 0 Å². The third kappa shape index (κ3) is 4.44. The molecule has 0 spiro atoms. The first kappa shape index (κ1) is 14.0. The minimum absolute atomic E-state index is 0.142. The number of benzene rings is 1. The molecule has 1 aromatic rings. The number of sulfone groups is 1. The van der Waals surface area contributed by atoms with E-state index < -0.39 is 9.84 Å². The second kappa shape index (κ2) is 6.03. The summed E-state index contributed by atoms with van der Waals surface area (Å²) in [7, 11) is -2.91. The van der Waals surface area contributed by atoms with Crippen molar-refractivity contribution in [3.05, 3.63) is 34.9 Å². The third-order valence-electron chi connectivity index (χ3n) is 2.37. The molecule has 0 aliphatic carbocycles. The van der Waals surface area contributed by atoms with Gasteiger partial charge in [-0.3, -0.25) is 0 Å². The molecule has 1 unspecified atom stereocenters. The van der Waals surface area contributed by atoms with E-state index in [0.717, 1.165) is 5.56 Å². The smallest absolute Gasteiger partial charge is 0.147 e. The van der Waals surface area contributed by atoms with Gasteiger partial charge in [-0.05, 0) is 24.0 Å². The topological polar surface area (TPSA) is 34.1 Å². The van der Waals surface area contributed by atoms with Crippen molar-refractivity contribution in [1.29, 1.82) is 0 Å². The zero-order valence-corrected chi connectivity index (χ0v) is 12.1. The highest BCUT2D eigenvalue weighted by Gasteiger charge is 2.15. The first-order valence-corrected chi connectivity index (χ1v) is 8.48. The molecule has 0 heterocycles. The van der Waals surface area contributed by atoms with E-state index in [-0.39, 0.29) is 11.7 Å². The number of hydrogen-bond donors (Lipinski definition) is 0. The highest BCUT2D eigenvalue weighted by molar-refractivity contribution is 9.09. The van der Waals surface area contributed by atoms with Crippen molar-refractivity contribution in [2.24, 2.45) is 0 Å². The summed E-state index contributed by atoms with van der Waals surface area (Å²) in [6.07, 6.45) is 1.85. The summed E-state index contributed by atoms with van der Waals surface area (Å²) < 4.78 is 22.2. The predicted octanol–water partition coefficient (Wildman–Crippen LogP) is 3.25. The molecule has 0 bridgehead atoms. The average molecular weight is 326 g/mol. The van der Waals surface area contributed by atoms with Crippen molar-refractivity contribution in [3.63, 3.8) is 0 Å². The van der Waals surface area contributed by atoms with E-state index in [2.05, 4.69) is 15.9 Å². The maximum atomic E-state index is 11.1.